The highest BCUT2D eigenvalue weighted by Crippen LogP contribution is 2.23. The normalized spacial score (nSPS) is 22.2. The van der Waals surface area contributed by atoms with Crippen molar-refractivity contribution in [3.8, 4) is 0 Å². The molecule has 14 heavy (non-hydrogen) atoms. The van der Waals surface area contributed by atoms with Crippen LogP contribution in [0.2, 0.25) is 0 Å². The fraction of sp³-hybridized carbons (Fsp3) is 0.545. The van der Waals surface area contributed by atoms with Gasteiger partial charge in [-0.15, -0.1) is 0 Å². The largest absolute Gasteiger partial charge is 0.383 e. The molecule has 1 saturated heterocycles. The van der Waals surface area contributed by atoms with Crippen molar-refractivity contribution in [3.05, 3.63) is 23.4 Å². The molecule has 0 aliphatic carbocycles. The quantitative estimate of drug-likeness (QED) is 0.711. The first-order valence-corrected chi connectivity index (χ1v) is 5.23. The lowest BCUT2D eigenvalue weighted by atomic mass is 9.98. The topological polar surface area (TPSA) is 50.9 Å². The molecule has 0 aromatic carbocycles. The van der Waals surface area contributed by atoms with E-state index in [2.05, 4.69) is 16.4 Å². The van der Waals surface area contributed by atoms with Gasteiger partial charge in [0, 0.05) is 12.2 Å². The van der Waals surface area contributed by atoms with Crippen LogP contribution in [0.15, 0.2) is 12.3 Å². The fourth-order valence-corrected chi connectivity index (χ4v) is 1.93. The van der Waals surface area contributed by atoms with Crippen LogP contribution in [0, 0.1) is 6.92 Å². The predicted octanol–water partition coefficient (Wildman–Crippen LogP) is 1.79. The summed E-state index contributed by atoms with van der Waals surface area (Å²) in [5.74, 6) is 0.643. The Balaban J connectivity index is 2.18. The van der Waals surface area contributed by atoms with E-state index in [1.165, 1.54) is 24.8 Å². The maximum Gasteiger partial charge on any atom is 0.126 e. The second-order valence-corrected chi connectivity index (χ2v) is 3.97. The van der Waals surface area contributed by atoms with Gasteiger partial charge in [0.15, 0.2) is 0 Å². The van der Waals surface area contributed by atoms with Crippen LogP contribution in [0.4, 0.5) is 5.82 Å². The van der Waals surface area contributed by atoms with Gasteiger partial charge in [-0.25, -0.2) is 4.98 Å². The van der Waals surface area contributed by atoms with Crippen molar-refractivity contribution < 1.29 is 0 Å². The first-order chi connectivity index (χ1) is 6.77. The number of nitrogen functional groups attached to an aromatic ring is 1. The second-order valence-electron chi connectivity index (χ2n) is 3.97. The Labute approximate surface area is 84.7 Å². The lowest BCUT2D eigenvalue weighted by Crippen LogP contribution is -2.26. The van der Waals surface area contributed by atoms with Gasteiger partial charge in [0.25, 0.3) is 0 Å². The summed E-state index contributed by atoms with van der Waals surface area (Å²) in [5.41, 5.74) is 8.04. The zero-order valence-corrected chi connectivity index (χ0v) is 8.59. The molecule has 1 aliphatic rings. The van der Waals surface area contributed by atoms with Crippen LogP contribution < -0.4 is 11.1 Å². The van der Waals surface area contributed by atoms with Gasteiger partial charge in [-0.05, 0) is 43.5 Å². The van der Waals surface area contributed by atoms with E-state index in [1.807, 2.05) is 13.1 Å². The number of hydrogen-bond acceptors (Lipinski definition) is 3. The first-order valence-electron chi connectivity index (χ1n) is 5.23. The summed E-state index contributed by atoms with van der Waals surface area (Å²) >= 11 is 0. The Kier molecular flexibility index (Phi) is 2.68. The van der Waals surface area contributed by atoms with Gasteiger partial charge in [0.1, 0.15) is 5.82 Å². The molecule has 3 nitrogen and oxygen atoms in total. The van der Waals surface area contributed by atoms with Crippen molar-refractivity contribution in [1.82, 2.24) is 10.3 Å². The second kappa shape index (κ2) is 3.96. The molecule has 0 spiro atoms. The van der Waals surface area contributed by atoms with E-state index in [0.717, 1.165) is 12.1 Å². The third-order valence-electron chi connectivity index (χ3n) is 2.85. The molecule has 0 radical (unpaired) electrons. The molecule has 2 rings (SSSR count). The Bertz CT molecular complexity index is 316. The highest BCUT2D eigenvalue weighted by Gasteiger charge is 2.15. The van der Waals surface area contributed by atoms with Crippen molar-refractivity contribution in [1.29, 1.82) is 0 Å². The van der Waals surface area contributed by atoms with Gasteiger partial charge in [0.2, 0.25) is 0 Å². The Morgan fingerprint density at radius 2 is 2.36 bits per heavy atom. The van der Waals surface area contributed by atoms with E-state index < -0.39 is 0 Å². The number of nitrogens with two attached hydrogens (primary N) is 1. The molecule has 2 heterocycles. The van der Waals surface area contributed by atoms with E-state index in [1.54, 1.807) is 0 Å². The van der Waals surface area contributed by atoms with Crippen molar-refractivity contribution in [2.45, 2.75) is 32.2 Å². The number of pyridine rings is 1. The van der Waals surface area contributed by atoms with Gasteiger partial charge in [-0.3, -0.25) is 0 Å². The minimum atomic E-state index is 0.482. The van der Waals surface area contributed by atoms with E-state index >= 15 is 0 Å². The molecule has 1 aromatic heterocycles. The Morgan fingerprint density at radius 1 is 1.50 bits per heavy atom. The summed E-state index contributed by atoms with van der Waals surface area (Å²) in [4.78, 5) is 4.19. The zero-order chi connectivity index (χ0) is 9.97. The highest BCUT2D eigenvalue weighted by atomic mass is 14.9. The number of aryl methyl sites for hydroxylation is 1. The van der Waals surface area contributed by atoms with Gasteiger partial charge >= 0.3 is 0 Å². The molecule has 0 bridgehead atoms. The lowest BCUT2D eigenvalue weighted by molar-refractivity contribution is 0.411. The SMILES string of the molecule is Cc1cc([C@H]2CCCCN2)cnc1N. The van der Waals surface area contributed by atoms with Crippen molar-refractivity contribution in [2.75, 3.05) is 12.3 Å². The zero-order valence-electron chi connectivity index (χ0n) is 8.59. The summed E-state index contributed by atoms with van der Waals surface area (Å²) in [6.07, 6.45) is 5.70. The summed E-state index contributed by atoms with van der Waals surface area (Å²) in [6.45, 7) is 3.13. The molecular formula is C11H17N3. The Hall–Kier alpha value is -1.09. The van der Waals surface area contributed by atoms with E-state index in [0.29, 0.717) is 11.9 Å². The van der Waals surface area contributed by atoms with Gasteiger partial charge < -0.3 is 11.1 Å². The average Bonchev–Trinajstić information content (AvgIpc) is 2.23. The van der Waals surface area contributed by atoms with Crippen LogP contribution in [0.5, 0.6) is 0 Å². The Morgan fingerprint density at radius 3 is 3.00 bits per heavy atom. The summed E-state index contributed by atoms with van der Waals surface area (Å²) in [7, 11) is 0. The summed E-state index contributed by atoms with van der Waals surface area (Å²) in [6, 6.07) is 2.63. The minimum absolute atomic E-state index is 0.482. The molecule has 3 N–H and O–H groups in total. The van der Waals surface area contributed by atoms with Crippen LogP contribution in [0.1, 0.15) is 36.4 Å². The van der Waals surface area contributed by atoms with Gasteiger partial charge in [0.05, 0.1) is 0 Å². The number of nitrogens with zero attached hydrogens (tertiary/aromatic N) is 1. The van der Waals surface area contributed by atoms with E-state index in [4.69, 9.17) is 5.73 Å². The van der Waals surface area contributed by atoms with Crippen LogP contribution in [0.3, 0.4) is 0 Å². The lowest BCUT2D eigenvalue weighted by Gasteiger charge is -2.23. The third kappa shape index (κ3) is 1.87. The molecule has 0 saturated carbocycles. The van der Waals surface area contributed by atoms with Gasteiger partial charge in [-0.1, -0.05) is 6.42 Å². The van der Waals surface area contributed by atoms with E-state index in [9.17, 15) is 0 Å². The van der Waals surface area contributed by atoms with Crippen LogP contribution in [-0.2, 0) is 0 Å². The van der Waals surface area contributed by atoms with Crippen molar-refractivity contribution in [2.24, 2.45) is 0 Å². The first kappa shape index (κ1) is 9.46. The molecular weight excluding hydrogens is 174 g/mol. The standard InChI is InChI=1S/C11H17N3/c1-8-6-9(7-14-11(8)12)10-4-2-3-5-13-10/h6-7,10,13H,2-5H2,1H3,(H2,12,14)/t10-/m1/s1. The number of anilines is 1. The molecule has 1 aromatic rings. The van der Waals surface area contributed by atoms with Crippen molar-refractivity contribution >= 4 is 5.82 Å². The number of aromatic nitrogens is 1. The maximum absolute atomic E-state index is 5.69. The van der Waals surface area contributed by atoms with Crippen LogP contribution in [0.25, 0.3) is 0 Å². The molecule has 3 heteroatoms. The van der Waals surface area contributed by atoms with E-state index in [-0.39, 0.29) is 0 Å². The number of nitrogens with one attached hydrogen (secondary N) is 1. The fourth-order valence-electron chi connectivity index (χ4n) is 1.93. The monoisotopic (exact) mass is 191 g/mol. The molecule has 1 fully saturated rings. The van der Waals surface area contributed by atoms with Crippen LogP contribution in [-0.4, -0.2) is 11.5 Å². The summed E-state index contributed by atoms with van der Waals surface area (Å²) < 4.78 is 0. The smallest absolute Gasteiger partial charge is 0.126 e. The summed E-state index contributed by atoms with van der Waals surface area (Å²) in [5, 5.41) is 3.50. The molecule has 1 atom stereocenters. The highest BCUT2D eigenvalue weighted by molar-refractivity contribution is 5.40. The number of rotatable bonds is 1. The molecule has 0 unspecified atom stereocenters. The number of piperidine rings is 1. The third-order valence-corrected chi connectivity index (χ3v) is 2.85. The number of hydrogen-bond donors (Lipinski definition) is 2. The van der Waals surface area contributed by atoms with Gasteiger partial charge in [-0.2, -0.15) is 0 Å². The maximum atomic E-state index is 5.69. The molecule has 0 amide bonds. The van der Waals surface area contributed by atoms with Crippen molar-refractivity contribution in [3.63, 3.8) is 0 Å². The predicted molar refractivity (Wildman–Crippen MR) is 58.0 cm³/mol. The average molecular weight is 191 g/mol. The minimum Gasteiger partial charge on any atom is -0.383 e. The molecule has 76 valence electrons. The molecule has 1 aliphatic heterocycles. The van der Waals surface area contributed by atoms with Crippen LogP contribution >= 0.6 is 0 Å².